The molecule has 5 rings (SSSR count). The first kappa shape index (κ1) is 30.4. The van der Waals surface area contributed by atoms with Gasteiger partial charge in [-0.1, -0.05) is 80.6 Å². The van der Waals surface area contributed by atoms with Crippen molar-refractivity contribution in [1.29, 1.82) is 0 Å². The Labute approximate surface area is 236 Å². The van der Waals surface area contributed by atoms with Gasteiger partial charge in [0, 0.05) is 12.6 Å². The van der Waals surface area contributed by atoms with Crippen LogP contribution in [0, 0.1) is 0 Å². The van der Waals surface area contributed by atoms with E-state index in [0.717, 1.165) is 18.0 Å². The monoisotopic (exact) mass is 525 g/mol. The lowest BCUT2D eigenvalue weighted by Gasteiger charge is -2.21. The van der Waals surface area contributed by atoms with Crippen LogP contribution in [-0.4, -0.2) is 40.9 Å². The SMILES string of the molecule is C=C.CC.OCCC/C(=C(\c1ccc(O)cc1)c1cccc(C2CCCN(C3CC3)CC2)c1)c1ccccc1. The highest BCUT2D eigenvalue weighted by atomic mass is 16.3. The lowest BCUT2D eigenvalue weighted by Crippen LogP contribution is -2.26. The highest BCUT2D eigenvalue weighted by molar-refractivity contribution is 5.98. The van der Waals surface area contributed by atoms with Gasteiger partial charge in [-0.3, -0.25) is 0 Å². The fourth-order valence-electron chi connectivity index (χ4n) is 5.66. The molecule has 1 aliphatic carbocycles. The summed E-state index contributed by atoms with van der Waals surface area (Å²) in [6.07, 6.45) is 8.03. The number of rotatable bonds is 8. The quantitative estimate of drug-likeness (QED) is 0.228. The Bertz CT molecular complexity index is 1150. The molecule has 1 saturated carbocycles. The Morgan fingerprint density at radius 1 is 0.795 bits per heavy atom. The van der Waals surface area contributed by atoms with Crippen molar-refractivity contribution >= 4 is 11.1 Å². The number of phenolic OH excluding ortho intramolecular Hbond substituents is 1. The van der Waals surface area contributed by atoms with E-state index in [9.17, 15) is 10.2 Å². The van der Waals surface area contributed by atoms with E-state index < -0.39 is 0 Å². The van der Waals surface area contributed by atoms with E-state index in [0.29, 0.717) is 12.3 Å². The maximum absolute atomic E-state index is 9.96. The summed E-state index contributed by atoms with van der Waals surface area (Å²) in [6, 6.07) is 28.1. The predicted octanol–water partition coefficient (Wildman–Crippen LogP) is 8.68. The molecule has 208 valence electrons. The summed E-state index contributed by atoms with van der Waals surface area (Å²) >= 11 is 0. The molecule has 2 fully saturated rings. The summed E-state index contributed by atoms with van der Waals surface area (Å²) in [5, 5.41) is 19.6. The van der Waals surface area contributed by atoms with Gasteiger partial charge >= 0.3 is 0 Å². The Hall–Kier alpha value is -3.14. The molecule has 0 amide bonds. The van der Waals surface area contributed by atoms with Crippen LogP contribution in [0.5, 0.6) is 5.75 Å². The van der Waals surface area contributed by atoms with Crippen LogP contribution in [0.3, 0.4) is 0 Å². The molecule has 1 saturated heterocycles. The lowest BCUT2D eigenvalue weighted by molar-refractivity contribution is 0.273. The fraction of sp³-hybridized carbons (Fsp3) is 0.389. The van der Waals surface area contributed by atoms with Gasteiger partial charge in [0.15, 0.2) is 0 Å². The van der Waals surface area contributed by atoms with Crippen molar-refractivity contribution in [2.24, 2.45) is 0 Å². The molecule has 3 aromatic rings. The molecule has 39 heavy (non-hydrogen) atoms. The van der Waals surface area contributed by atoms with Crippen molar-refractivity contribution in [3.05, 3.63) is 114 Å². The molecule has 1 aliphatic heterocycles. The fourth-order valence-corrected chi connectivity index (χ4v) is 5.66. The third-order valence-electron chi connectivity index (χ3n) is 7.64. The Balaban J connectivity index is 0.00000100. The summed E-state index contributed by atoms with van der Waals surface area (Å²) in [4.78, 5) is 2.72. The van der Waals surface area contributed by atoms with Gasteiger partial charge in [-0.25, -0.2) is 0 Å². The molecular formula is C36H47NO2. The van der Waals surface area contributed by atoms with Crippen LogP contribution in [0.4, 0.5) is 0 Å². The normalized spacial score (nSPS) is 18.0. The number of hydrogen-bond acceptors (Lipinski definition) is 3. The van der Waals surface area contributed by atoms with Crippen LogP contribution in [0.1, 0.15) is 87.0 Å². The van der Waals surface area contributed by atoms with Crippen LogP contribution >= 0.6 is 0 Å². The van der Waals surface area contributed by atoms with Crippen LogP contribution in [0.25, 0.3) is 11.1 Å². The van der Waals surface area contributed by atoms with Gasteiger partial charge < -0.3 is 15.1 Å². The van der Waals surface area contributed by atoms with Crippen LogP contribution in [0.2, 0.25) is 0 Å². The molecule has 2 aliphatic rings. The molecule has 2 N–H and O–H groups in total. The van der Waals surface area contributed by atoms with Crippen LogP contribution in [0.15, 0.2) is 92.0 Å². The summed E-state index contributed by atoms with van der Waals surface area (Å²) in [6.45, 7) is 12.6. The third kappa shape index (κ3) is 8.42. The predicted molar refractivity (Wildman–Crippen MR) is 167 cm³/mol. The van der Waals surface area contributed by atoms with Gasteiger partial charge in [-0.05, 0) is 109 Å². The highest BCUT2D eigenvalue weighted by Gasteiger charge is 2.30. The minimum Gasteiger partial charge on any atom is -0.508 e. The molecule has 1 atom stereocenters. The molecule has 0 bridgehead atoms. The Kier molecular flexibility index (Phi) is 12.5. The molecule has 3 heteroatoms. The second-order valence-corrected chi connectivity index (χ2v) is 10.1. The summed E-state index contributed by atoms with van der Waals surface area (Å²) in [5.74, 6) is 0.870. The second-order valence-electron chi connectivity index (χ2n) is 10.1. The molecule has 0 radical (unpaired) electrons. The van der Waals surface area contributed by atoms with Crippen LogP contribution in [-0.2, 0) is 0 Å². The second kappa shape index (κ2) is 16.1. The molecule has 0 spiro atoms. The Morgan fingerprint density at radius 3 is 2.15 bits per heavy atom. The highest BCUT2D eigenvalue weighted by Crippen LogP contribution is 2.38. The Morgan fingerprint density at radius 2 is 1.49 bits per heavy atom. The number of aliphatic hydroxyl groups is 1. The zero-order valence-corrected chi connectivity index (χ0v) is 24.0. The van der Waals surface area contributed by atoms with Gasteiger partial charge in [0.05, 0.1) is 0 Å². The van der Waals surface area contributed by atoms with Gasteiger partial charge in [-0.2, -0.15) is 0 Å². The maximum Gasteiger partial charge on any atom is 0.115 e. The van der Waals surface area contributed by atoms with E-state index >= 15 is 0 Å². The van der Waals surface area contributed by atoms with E-state index in [-0.39, 0.29) is 12.4 Å². The van der Waals surface area contributed by atoms with Crippen molar-refractivity contribution in [3.8, 4) is 5.75 Å². The summed E-state index contributed by atoms with van der Waals surface area (Å²) in [7, 11) is 0. The zero-order chi connectivity index (χ0) is 28.0. The molecule has 3 nitrogen and oxygen atoms in total. The summed E-state index contributed by atoms with van der Waals surface area (Å²) < 4.78 is 0. The number of benzene rings is 3. The number of phenols is 1. The standard InChI is InChI=1S/C32H37NO2.C2H6.C2H4/c34-22-6-12-31(25-7-2-1-3-8-25)32(26-13-17-30(35)18-14-26)28-10-4-9-27(23-28)24-11-5-20-33(21-19-24)29-15-16-29;2*1-2/h1-4,7-10,13-14,17-18,23-24,29,34-35H,5-6,11-12,15-16,19-22H2;1-2H3;1-2H2/b32-31-;;. The van der Waals surface area contributed by atoms with Crippen molar-refractivity contribution in [3.63, 3.8) is 0 Å². The van der Waals surface area contributed by atoms with E-state index in [1.807, 2.05) is 32.0 Å². The van der Waals surface area contributed by atoms with Gasteiger partial charge in [-0.15, -0.1) is 13.2 Å². The number of aromatic hydroxyl groups is 1. The maximum atomic E-state index is 9.96. The molecular weight excluding hydrogens is 478 g/mol. The topological polar surface area (TPSA) is 43.7 Å². The zero-order valence-electron chi connectivity index (χ0n) is 24.0. The number of nitrogens with zero attached hydrogens (tertiary/aromatic N) is 1. The minimum absolute atomic E-state index is 0.165. The first-order chi connectivity index (χ1) is 19.2. The van der Waals surface area contributed by atoms with Gasteiger partial charge in [0.1, 0.15) is 5.75 Å². The molecule has 0 aromatic heterocycles. The number of aliphatic hydroxyl groups excluding tert-OH is 1. The third-order valence-corrected chi connectivity index (χ3v) is 7.64. The number of likely N-dealkylation sites (tertiary alicyclic amines) is 1. The lowest BCUT2D eigenvalue weighted by atomic mass is 9.84. The van der Waals surface area contributed by atoms with E-state index in [2.05, 4.69) is 66.6 Å². The largest absolute Gasteiger partial charge is 0.508 e. The van der Waals surface area contributed by atoms with Crippen LogP contribution < -0.4 is 0 Å². The van der Waals surface area contributed by atoms with E-state index in [1.54, 1.807) is 12.1 Å². The van der Waals surface area contributed by atoms with Crippen molar-refractivity contribution in [2.45, 2.75) is 70.8 Å². The average Bonchev–Trinajstić information content (AvgIpc) is 3.86. The minimum atomic E-state index is 0.165. The van der Waals surface area contributed by atoms with Crippen molar-refractivity contribution in [2.75, 3.05) is 19.7 Å². The number of hydrogen-bond donors (Lipinski definition) is 2. The van der Waals surface area contributed by atoms with Gasteiger partial charge in [0.25, 0.3) is 0 Å². The van der Waals surface area contributed by atoms with E-state index in [1.165, 1.54) is 73.0 Å². The first-order valence-corrected chi connectivity index (χ1v) is 14.8. The average molecular weight is 526 g/mol. The van der Waals surface area contributed by atoms with E-state index in [4.69, 9.17) is 0 Å². The smallest absolute Gasteiger partial charge is 0.115 e. The summed E-state index contributed by atoms with van der Waals surface area (Å²) in [5.41, 5.74) is 7.36. The first-order valence-electron chi connectivity index (χ1n) is 14.8. The van der Waals surface area contributed by atoms with Gasteiger partial charge in [0.2, 0.25) is 0 Å². The van der Waals surface area contributed by atoms with Crippen molar-refractivity contribution < 1.29 is 10.2 Å². The van der Waals surface area contributed by atoms with Crippen molar-refractivity contribution in [1.82, 2.24) is 4.90 Å². The molecule has 1 unspecified atom stereocenters. The molecule has 1 heterocycles. The molecule has 3 aromatic carbocycles. The number of allylic oxidation sites excluding steroid dienone is 1.